The molecule has 0 aromatic heterocycles. The highest BCUT2D eigenvalue weighted by molar-refractivity contribution is 9.10. The number of benzene rings is 2. The normalized spacial score (nSPS) is 16.2. The van der Waals surface area contributed by atoms with E-state index in [1.807, 2.05) is 30.3 Å². The lowest BCUT2D eigenvalue weighted by molar-refractivity contribution is -0.138. The van der Waals surface area contributed by atoms with Gasteiger partial charge in [0.25, 0.3) is 11.8 Å². The third-order valence-corrected chi connectivity index (χ3v) is 3.73. The Morgan fingerprint density at radius 2 is 1.58 bits per heavy atom. The second-order valence-electron chi connectivity index (χ2n) is 4.23. The van der Waals surface area contributed by atoms with E-state index in [1.165, 1.54) is 4.90 Å². The van der Waals surface area contributed by atoms with E-state index >= 15 is 0 Å². The molecule has 1 aliphatic heterocycles. The SMILES string of the molecule is O=C1COCC(=O)N1c1ccc(Br)c2ccccc12. The Kier molecular flexibility index (Phi) is 3.08. The van der Waals surface area contributed by atoms with Gasteiger partial charge in [-0.1, -0.05) is 40.2 Å². The van der Waals surface area contributed by atoms with Gasteiger partial charge in [0.2, 0.25) is 0 Å². The van der Waals surface area contributed by atoms with Gasteiger partial charge in [-0.15, -0.1) is 0 Å². The van der Waals surface area contributed by atoms with E-state index in [0.717, 1.165) is 15.2 Å². The Morgan fingerprint density at radius 3 is 2.26 bits per heavy atom. The number of rotatable bonds is 1. The standard InChI is InChI=1S/C14H10BrNO3/c15-11-5-6-12(10-4-2-1-3-9(10)11)16-13(17)7-19-8-14(16)18/h1-6H,7-8H2. The van der Waals surface area contributed by atoms with Crippen molar-refractivity contribution in [2.24, 2.45) is 0 Å². The van der Waals surface area contributed by atoms with Gasteiger partial charge in [-0.05, 0) is 17.5 Å². The van der Waals surface area contributed by atoms with Crippen LogP contribution in [-0.4, -0.2) is 25.0 Å². The first-order valence-electron chi connectivity index (χ1n) is 5.79. The fraction of sp³-hybridized carbons (Fsp3) is 0.143. The third kappa shape index (κ3) is 2.05. The average Bonchev–Trinajstić information content (AvgIpc) is 2.41. The predicted molar refractivity (Wildman–Crippen MR) is 75.0 cm³/mol. The Morgan fingerprint density at radius 1 is 0.947 bits per heavy atom. The summed E-state index contributed by atoms with van der Waals surface area (Å²) < 4.78 is 5.86. The van der Waals surface area contributed by atoms with Crippen molar-refractivity contribution in [2.75, 3.05) is 18.1 Å². The van der Waals surface area contributed by atoms with Crippen LogP contribution >= 0.6 is 15.9 Å². The van der Waals surface area contributed by atoms with Crippen molar-refractivity contribution >= 4 is 44.2 Å². The molecule has 0 saturated carbocycles. The molecule has 2 amide bonds. The Balaban J connectivity index is 2.22. The van der Waals surface area contributed by atoms with Crippen LogP contribution in [0.3, 0.4) is 0 Å². The number of fused-ring (bicyclic) bond motifs is 1. The second kappa shape index (κ2) is 4.75. The zero-order valence-electron chi connectivity index (χ0n) is 9.93. The number of halogens is 1. The quantitative estimate of drug-likeness (QED) is 0.759. The third-order valence-electron chi connectivity index (χ3n) is 3.04. The highest BCUT2D eigenvalue weighted by Gasteiger charge is 2.29. The maximum absolute atomic E-state index is 11.9. The minimum Gasteiger partial charge on any atom is -0.362 e. The lowest BCUT2D eigenvalue weighted by atomic mass is 10.1. The summed E-state index contributed by atoms with van der Waals surface area (Å²) >= 11 is 3.47. The maximum Gasteiger partial charge on any atom is 0.259 e. The van der Waals surface area contributed by atoms with Gasteiger partial charge in [0.1, 0.15) is 13.2 Å². The molecule has 1 heterocycles. The highest BCUT2D eigenvalue weighted by atomic mass is 79.9. The van der Waals surface area contributed by atoms with Crippen LogP contribution in [0.4, 0.5) is 5.69 Å². The molecule has 0 N–H and O–H groups in total. The molecule has 1 fully saturated rings. The summed E-state index contributed by atoms with van der Waals surface area (Å²) in [4.78, 5) is 25.0. The number of ether oxygens (including phenoxy) is 1. The van der Waals surface area contributed by atoms with Gasteiger partial charge in [0.05, 0.1) is 5.69 Å². The molecule has 2 aromatic carbocycles. The van der Waals surface area contributed by atoms with Crippen LogP contribution in [-0.2, 0) is 14.3 Å². The number of morpholine rings is 1. The molecule has 0 aliphatic carbocycles. The van der Waals surface area contributed by atoms with Crippen LogP contribution in [0.2, 0.25) is 0 Å². The van der Waals surface area contributed by atoms with Gasteiger partial charge >= 0.3 is 0 Å². The first-order chi connectivity index (χ1) is 9.18. The molecule has 0 atom stereocenters. The fourth-order valence-electron chi connectivity index (χ4n) is 2.20. The van der Waals surface area contributed by atoms with Gasteiger partial charge in [0.15, 0.2) is 0 Å². The smallest absolute Gasteiger partial charge is 0.259 e. The molecule has 0 unspecified atom stereocenters. The molecule has 2 aromatic rings. The van der Waals surface area contributed by atoms with Gasteiger partial charge < -0.3 is 4.74 Å². The van der Waals surface area contributed by atoms with Gasteiger partial charge in [-0.25, -0.2) is 4.90 Å². The number of carbonyl (C=O) groups is 2. The first kappa shape index (κ1) is 12.3. The number of nitrogens with zero attached hydrogens (tertiary/aromatic N) is 1. The van der Waals surface area contributed by atoms with Gasteiger partial charge in [-0.3, -0.25) is 9.59 Å². The van der Waals surface area contributed by atoms with Crippen LogP contribution in [0.1, 0.15) is 0 Å². The molecule has 5 heteroatoms. The van der Waals surface area contributed by atoms with E-state index < -0.39 is 0 Å². The molecule has 4 nitrogen and oxygen atoms in total. The van der Waals surface area contributed by atoms with Crippen molar-refractivity contribution in [1.29, 1.82) is 0 Å². The number of hydrogen-bond donors (Lipinski definition) is 0. The van der Waals surface area contributed by atoms with E-state index in [2.05, 4.69) is 15.9 Å². The lowest BCUT2D eigenvalue weighted by Gasteiger charge is -2.26. The number of imide groups is 1. The van der Waals surface area contributed by atoms with Crippen molar-refractivity contribution in [3.63, 3.8) is 0 Å². The largest absolute Gasteiger partial charge is 0.362 e. The summed E-state index contributed by atoms with van der Waals surface area (Å²) in [5.41, 5.74) is 0.608. The van der Waals surface area contributed by atoms with E-state index in [-0.39, 0.29) is 25.0 Å². The molecule has 0 bridgehead atoms. The summed E-state index contributed by atoms with van der Waals surface area (Å²) in [6.07, 6.45) is 0. The zero-order valence-corrected chi connectivity index (χ0v) is 11.5. The molecular formula is C14H10BrNO3. The molecule has 3 rings (SSSR count). The molecular weight excluding hydrogens is 310 g/mol. The number of carbonyl (C=O) groups excluding carboxylic acids is 2. The van der Waals surface area contributed by atoms with Crippen LogP contribution in [0.5, 0.6) is 0 Å². The zero-order chi connectivity index (χ0) is 13.4. The lowest BCUT2D eigenvalue weighted by Crippen LogP contribution is -2.46. The van der Waals surface area contributed by atoms with Gasteiger partial charge in [0, 0.05) is 9.86 Å². The Hall–Kier alpha value is -1.72. The van der Waals surface area contributed by atoms with E-state index in [1.54, 1.807) is 6.07 Å². The van der Waals surface area contributed by atoms with E-state index in [4.69, 9.17) is 4.74 Å². The summed E-state index contributed by atoms with van der Waals surface area (Å²) in [6, 6.07) is 11.2. The van der Waals surface area contributed by atoms with Crippen molar-refractivity contribution < 1.29 is 14.3 Å². The number of amides is 2. The molecule has 0 radical (unpaired) electrons. The summed E-state index contributed by atoms with van der Waals surface area (Å²) in [7, 11) is 0. The predicted octanol–water partition coefficient (Wildman–Crippen LogP) is 2.49. The Bertz CT molecular complexity index is 667. The number of hydrogen-bond acceptors (Lipinski definition) is 3. The summed E-state index contributed by atoms with van der Waals surface area (Å²) in [5, 5.41) is 1.83. The topological polar surface area (TPSA) is 46.6 Å². The minimum absolute atomic E-state index is 0.0594. The minimum atomic E-state index is -0.330. The molecule has 0 spiro atoms. The van der Waals surface area contributed by atoms with E-state index in [9.17, 15) is 9.59 Å². The molecule has 96 valence electrons. The van der Waals surface area contributed by atoms with Crippen LogP contribution in [0.15, 0.2) is 40.9 Å². The van der Waals surface area contributed by atoms with Crippen LogP contribution < -0.4 is 4.90 Å². The highest BCUT2D eigenvalue weighted by Crippen LogP contribution is 2.33. The summed E-state index contributed by atoms with van der Waals surface area (Å²) in [5.74, 6) is -0.660. The monoisotopic (exact) mass is 319 g/mol. The van der Waals surface area contributed by atoms with Gasteiger partial charge in [-0.2, -0.15) is 0 Å². The summed E-state index contributed by atoms with van der Waals surface area (Å²) in [6.45, 7) is -0.119. The molecule has 19 heavy (non-hydrogen) atoms. The average molecular weight is 320 g/mol. The van der Waals surface area contributed by atoms with Crippen molar-refractivity contribution in [3.8, 4) is 0 Å². The fourth-order valence-corrected chi connectivity index (χ4v) is 2.68. The van der Waals surface area contributed by atoms with Crippen molar-refractivity contribution in [1.82, 2.24) is 0 Å². The van der Waals surface area contributed by atoms with Crippen LogP contribution in [0, 0.1) is 0 Å². The molecule has 1 saturated heterocycles. The van der Waals surface area contributed by atoms with E-state index in [0.29, 0.717) is 5.69 Å². The maximum atomic E-state index is 11.9. The number of anilines is 1. The first-order valence-corrected chi connectivity index (χ1v) is 6.58. The van der Waals surface area contributed by atoms with Crippen molar-refractivity contribution in [3.05, 3.63) is 40.9 Å². The van der Waals surface area contributed by atoms with Crippen molar-refractivity contribution in [2.45, 2.75) is 0 Å². The Labute approximate surface area is 118 Å². The van der Waals surface area contributed by atoms with Crippen LogP contribution in [0.25, 0.3) is 10.8 Å². The second-order valence-corrected chi connectivity index (χ2v) is 5.08. The molecule has 1 aliphatic rings.